The van der Waals surface area contributed by atoms with E-state index in [1.807, 2.05) is 13.8 Å². The van der Waals surface area contributed by atoms with Crippen molar-refractivity contribution < 1.29 is 26.3 Å². The molecule has 38 heavy (non-hydrogen) atoms. The first-order valence-corrected chi connectivity index (χ1v) is 11.6. The molecule has 0 aliphatic heterocycles. The van der Waals surface area contributed by atoms with Crippen LogP contribution in [-0.4, -0.2) is 43.2 Å². The van der Waals surface area contributed by atoms with E-state index in [0.717, 1.165) is 37.2 Å². The molecule has 14 heteroatoms. The van der Waals surface area contributed by atoms with Crippen LogP contribution in [0, 0.1) is 0 Å². The molecule has 0 aromatic carbocycles. The van der Waals surface area contributed by atoms with E-state index in [-0.39, 0.29) is 28.5 Å². The molecule has 8 nitrogen and oxygen atoms in total. The summed E-state index contributed by atoms with van der Waals surface area (Å²) >= 11 is 0. The van der Waals surface area contributed by atoms with E-state index in [1.165, 1.54) is 12.3 Å². The van der Waals surface area contributed by atoms with Crippen LogP contribution < -0.4 is 10.2 Å². The zero-order valence-electron chi connectivity index (χ0n) is 20.3. The first kappa shape index (κ1) is 26.9. The number of hydrogen-bond acceptors (Lipinski definition) is 8. The lowest BCUT2D eigenvalue weighted by Crippen LogP contribution is -2.27. The highest BCUT2D eigenvalue weighted by Gasteiger charge is 2.36. The average molecular weight is 536 g/mol. The number of hydrogen-bond donors (Lipinski definition) is 1. The summed E-state index contributed by atoms with van der Waals surface area (Å²) in [4.78, 5) is 18.0. The SMILES string of the molecule is CCCN(CCC)c1cc(C(F)(F)F)c(-c2cnc3c(Nc4ccc(C(F)(F)F)cn4)ccnc3n2)nn1. The molecule has 4 rings (SSSR count). The maximum absolute atomic E-state index is 14.0. The van der Waals surface area contributed by atoms with Gasteiger partial charge in [-0.25, -0.2) is 19.9 Å². The number of nitrogens with zero attached hydrogens (tertiary/aromatic N) is 7. The number of pyridine rings is 2. The third-order valence-corrected chi connectivity index (χ3v) is 5.44. The lowest BCUT2D eigenvalue weighted by molar-refractivity contribution is -0.138. The minimum absolute atomic E-state index is 0.00277. The molecule has 0 atom stereocenters. The van der Waals surface area contributed by atoms with E-state index in [9.17, 15) is 26.3 Å². The zero-order chi connectivity index (χ0) is 27.5. The van der Waals surface area contributed by atoms with Crippen molar-refractivity contribution in [2.24, 2.45) is 0 Å². The fraction of sp³-hybridized carbons (Fsp3) is 0.333. The van der Waals surface area contributed by atoms with Gasteiger partial charge in [0, 0.05) is 25.5 Å². The molecule has 0 spiro atoms. The van der Waals surface area contributed by atoms with Crippen molar-refractivity contribution in [2.45, 2.75) is 39.0 Å². The van der Waals surface area contributed by atoms with E-state index in [2.05, 4.69) is 35.5 Å². The van der Waals surface area contributed by atoms with Crippen LogP contribution >= 0.6 is 0 Å². The van der Waals surface area contributed by atoms with Gasteiger partial charge in [-0.05, 0) is 37.1 Å². The van der Waals surface area contributed by atoms with E-state index in [0.29, 0.717) is 25.0 Å². The van der Waals surface area contributed by atoms with Crippen molar-refractivity contribution in [1.29, 1.82) is 0 Å². The van der Waals surface area contributed by atoms with Gasteiger partial charge in [0.25, 0.3) is 0 Å². The highest BCUT2D eigenvalue weighted by Crippen LogP contribution is 2.37. The second-order valence-corrected chi connectivity index (χ2v) is 8.29. The maximum atomic E-state index is 14.0. The summed E-state index contributed by atoms with van der Waals surface area (Å²) in [6.07, 6.45) is -4.68. The van der Waals surface area contributed by atoms with Crippen LogP contribution in [0.3, 0.4) is 0 Å². The van der Waals surface area contributed by atoms with Gasteiger partial charge in [0.15, 0.2) is 11.5 Å². The summed E-state index contributed by atoms with van der Waals surface area (Å²) in [7, 11) is 0. The molecule has 0 radical (unpaired) electrons. The van der Waals surface area contributed by atoms with Crippen molar-refractivity contribution in [3.05, 3.63) is 54.0 Å². The van der Waals surface area contributed by atoms with E-state index >= 15 is 0 Å². The van der Waals surface area contributed by atoms with Crippen molar-refractivity contribution >= 4 is 28.5 Å². The van der Waals surface area contributed by atoms with Gasteiger partial charge >= 0.3 is 12.4 Å². The Morgan fingerprint density at radius 1 is 0.842 bits per heavy atom. The predicted molar refractivity (Wildman–Crippen MR) is 129 cm³/mol. The monoisotopic (exact) mass is 536 g/mol. The van der Waals surface area contributed by atoms with Gasteiger partial charge in [-0.2, -0.15) is 26.3 Å². The zero-order valence-corrected chi connectivity index (χ0v) is 20.3. The summed E-state index contributed by atoms with van der Waals surface area (Å²) in [5.41, 5.74) is -2.12. The van der Waals surface area contributed by atoms with Crippen LogP contribution in [0.25, 0.3) is 22.6 Å². The van der Waals surface area contributed by atoms with Gasteiger partial charge < -0.3 is 10.2 Å². The average Bonchev–Trinajstić information content (AvgIpc) is 2.87. The highest BCUT2D eigenvalue weighted by atomic mass is 19.4. The first-order chi connectivity index (χ1) is 18.0. The number of rotatable bonds is 8. The Bertz CT molecular complexity index is 1400. The molecule has 0 saturated carbocycles. The predicted octanol–water partition coefficient (Wildman–Crippen LogP) is 6.28. The summed E-state index contributed by atoms with van der Waals surface area (Å²) < 4.78 is 80.5. The van der Waals surface area contributed by atoms with E-state index < -0.39 is 29.2 Å². The maximum Gasteiger partial charge on any atom is 0.418 e. The molecule has 0 bridgehead atoms. The largest absolute Gasteiger partial charge is 0.418 e. The van der Waals surface area contributed by atoms with Gasteiger partial charge in [0.1, 0.15) is 22.7 Å². The quantitative estimate of drug-likeness (QED) is 0.263. The Morgan fingerprint density at radius 3 is 2.18 bits per heavy atom. The fourth-order valence-corrected chi connectivity index (χ4v) is 3.73. The molecule has 1 N–H and O–H groups in total. The fourth-order valence-electron chi connectivity index (χ4n) is 3.73. The van der Waals surface area contributed by atoms with Crippen LogP contribution in [-0.2, 0) is 12.4 Å². The first-order valence-electron chi connectivity index (χ1n) is 11.6. The Hall–Kier alpha value is -4.10. The van der Waals surface area contributed by atoms with Crippen molar-refractivity contribution in [1.82, 2.24) is 30.1 Å². The molecule has 0 aliphatic rings. The Balaban J connectivity index is 1.70. The van der Waals surface area contributed by atoms with Crippen molar-refractivity contribution in [2.75, 3.05) is 23.3 Å². The Kier molecular flexibility index (Phi) is 7.60. The number of fused-ring (bicyclic) bond motifs is 1. The van der Waals surface area contributed by atoms with Gasteiger partial charge in [0.05, 0.1) is 23.0 Å². The van der Waals surface area contributed by atoms with E-state index in [1.54, 1.807) is 4.90 Å². The smallest absolute Gasteiger partial charge is 0.355 e. The van der Waals surface area contributed by atoms with Crippen LogP contribution in [0.2, 0.25) is 0 Å². The highest BCUT2D eigenvalue weighted by molar-refractivity contribution is 5.87. The molecule has 4 aromatic heterocycles. The molecule has 0 aliphatic carbocycles. The molecule has 0 saturated heterocycles. The van der Waals surface area contributed by atoms with E-state index in [4.69, 9.17) is 0 Å². The standard InChI is InChI=1S/C24H22F6N8/c1-3-9-38(10-4-2)19-11-15(24(28,29)30)20(37-36-19)17-13-33-21-16(7-8-31-22(21)35-17)34-18-6-5-14(12-32-18)23(25,26)27/h5-8,11-13H,3-4,9-10H2,1-2H3,(H,31,32,34,35). The minimum Gasteiger partial charge on any atom is -0.355 e. The molecule has 0 fully saturated rings. The third-order valence-electron chi connectivity index (χ3n) is 5.44. The summed E-state index contributed by atoms with van der Waals surface area (Å²) in [5.74, 6) is 0.216. The lowest BCUT2D eigenvalue weighted by Gasteiger charge is -2.23. The van der Waals surface area contributed by atoms with Crippen LogP contribution in [0.4, 0.5) is 43.7 Å². The van der Waals surface area contributed by atoms with Gasteiger partial charge in [-0.15, -0.1) is 10.2 Å². The number of halogens is 6. The third kappa shape index (κ3) is 5.89. The van der Waals surface area contributed by atoms with Crippen molar-refractivity contribution in [3.8, 4) is 11.4 Å². The molecule has 0 unspecified atom stereocenters. The summed E-state index contributed by atoms with van der Waals surface area (Å²) in [6, 6.07) is 4.46. The summed E-state index contributed by atoms with van der Waals surface area (Å²) in [5, 5.41) is 10.7. The number of aromatic nitrogens is 6. The van der Waals surface area contributed by atoms with Gasteiger partial charge in [0.2, 0.25) is 0 Å². The number of nitrogens with one attached hydrogen (secondary N) is 1. The number of alkyl halides is 6. The van der Waals surface area contributed by atoms with Crippen LogP contribution in [0.5, 0.6) is 0 Å². The van der Waals surface area contributed by atoms with Crippen molar-refractivity contribution in [3.63, 3.8) is 0 Å². The lowest BCUT2D eigenvalue weighted by atomic mass is 10.1. The Morgan fingerprint density at radius 2 is 1.58 bits per heavy atom. The topological polar surface area (TPSA) is 92.6 Å². The van der Waals surface area contributed by atoms with Gasteiger partial charge in [-0.1, -0.05) is 13.8 Å². The molecule has 0 amide bonds. The molecular weight excluding hydrogens is 514 g/mol. The summed E-state index contributed by atoms with van der Waals surface area (Å²) in [6.45, 7) is 4.90. The molecule has 4 aromatic rings. The van der Waals surface area contributed by atoms with Crippen LogP contribution in [0.15, 0.2) is 42.9 Å². The molecule has 4 heterocycles. The van der Waals surface area contributed by atoms with Gasteiger partial charge in [-0.3, -0.25) is 0 Å². The normalized spacial score (nSPS) is 12.1. The van der Waals surface area contributed by atoms with Crippen LogP contribution in [0.1, 0.15) is 37.8 Å². The molecular formula is C24H22F6N8. The second-order valence-electron chi connectivity index (χ2n) is 8.29. The Labute approximate surface area is 213 Å². The minimum atomic E-state index is -4.73. The molecule has 200 valence electrons. The number of anilines is 3. The second kappa shape index (κ2) is 10.7.